The van der Waals surface area contributed by atoms with Crippen LogP contribution in [0.5, 0.6) is 0 Å². The van der Waals surface area contributed by atoms with Crippen LogP contribution in [0.4, 0.5) is 0 Å². The summed E-state index contributed by atoms with van der Waals surface area (Å²) in [4.78, 5) is 13.4. The number of piperidine rings is 1. The molecule has 0 amide bonds. The highest BCUT2D eigenvalue weighted by Gasteiger charge is 2.40. The number of hydrogen-bond acceptors (Lipinski definition) is 3. The van der Waals surface area contributed by atoms with Crippen LogP contribution in [0.15, 0.2) is 0 Å². The average molecular weight is 226 g/mol. The van der Waals surface area contributed by atoms with Crippen LogP contribution in [0, 0.1) is 11.8 Å². The number of aliphatic carboxylic acids is 1. The summed E-state index contributed by atoms with van der Waals surface area (Å²) in [6.45, 7) is 7.43. The van der Waals surface area contributed by atoms with Crippen molar-refractivity contribution in [3.63, 3.8) is 0 Å². The maximum absolute atomic E-state index is 11.2. The van der Waals surface area contributed by atoms with Gasteiger partial charge in [0.15, 0.2) is 0 Å². The van der Waals surface area contributed by atoms with E-state index < -0.39 is 5.97 Å². The van der Waals surface area contributed by atoms with Crippen molar-refractivity contribution in [3.8, 4) is 0 Å². The fourth-order valence-corrected chi connectivity index (χ4v) is 3.41. The van der Waals surface area contributed by atoms with Gasteiger partial charge in [0.1, 0.15) is 6.04 Å². The first kappa shape index (κ1) is 11.9. The third kappa shape index (κ3) is 2.09. The molecule has 0 aliphatic carbocycles. The molecule has 0 bridgehead atoms. The lowest BCUT2D eigenvalue weighted by molar-refractivity contribution is -0.144. The summed E-state index contributed by atoms with van der Waals surface area (Å²) in [7, 11) is 0. The highest BCUT2D eigenvalue weighted by atomic mass is 16.4. The molecule has 2 aliphatic rings. The van der Waals surface area contributed by atoms with E-state index in [9.17, 15) is 9.90 Å². The molecule has 0 saturated carbocycles. The van der Waals surface area contributed by atoms with Crippen LogP contribution in [0.25, 0.3) is 0 Å². The van der Waals surface area contributed by atoms with Crippen LogP contribution in [0.2, 0.25) is 0 Å². The van der Waals surface area contributed by atoms with Gasteiger partial charge in [-0.2, -0.15) is 0 Å². The van der Waals surface area contributed by atoms with Crippen LogP contribution in [0.3, 0.4) is 0 Å². The van der Waals surface area contributed by atoms with E-state index in [0.717, 1.165) is 32.5 Å². The van der Waals surface area contributed by atoms with Crippen LogP contribution in [0.1, 0.15) is 26.7 Å². The second-order valence-electron chi connectivity index (χ2n) is 5.34. The van der Waals surface area contributed by atoms with Crippen LogP contribution < -0.4 is 5.32 Å². The summed E-state index contributed by atoms with van der Waals surface area (Å²) < 4.78 is 0. The minimum atomic E-state index is -0.643. The van der Waals surface area contributed by atoms with Gasteiger partial charge in [0.05, 0.1) is 0 Å². The molecule has 2 aliphatic heterocycles. The lowest BCUT2D eigenvalue weighted by Gasteiger charge is -2.42. The summed E-state index contributed by atoms with van der Waals surface area (Å²) in [6, 6.07) is 0.192. The number of carboxylic acids is 1. The predicted octanol–water partition coefficient (Wildman–Crippen LogP) is 0.779. The number of carbonyl (C=O) groups is 1. The maximum atomic E-state index is 11.2. The number of carboxylic acid groups (broad SMARTS) is 1. The molecule has 0 radical (unpaired) electrons. The first-order chi connectivity index (χ1) is 7.61. The molecule has 2 heterocycles. The summed E-state index contributed by atoms with van der Waals surface area (Å²) in [5.74, 6) is 0.447. The molecule has 3 atom stereocenters. The number of nitrogens with one attached hydrogen (secondary N) is 1. The van der Waals surface area contributed by atoms with Gasteiger partial charge in [0, 0.05) is 6.04 Å². The van der Waals surface area contributed by atoms with E-state index in [0.29, 0.717) is 17.9 Å². The molecule has 2 N–H and O–H groups in total. The lowest BCUT2D eigenvalue weighted by atomic mass is 9.85. The number of rotatable bonds is 2. The Kier molecular flexibility index (Phi) is 3.50. The minimum absolute atomic E-state index is 0.243. The van der Waals surface area contributed by atoms with Gasteiger partial charge in [-0.1, -0.05) is 13.8 Å². The van der Waals surface area contributed by atoms with Crippen molar-refractivity contribution in [2.45, 2.75) is 38.8 Å². The monoisotopic (exact) mass is 226 g/mol. The number of likely N-dealkylation sites (tertiary alicyclic amines) is 1. The average Bonchev–Trinajstić information content (AvgIpc) is 2.66. The third-order valence-electron chi connectivity index (χ3n) is 4.06. The fourth-order valence-electron chi connectivity index (χ4n) is 3.41. The zero-order valence-electron chi connectivity index (χ0n) is 10.1. The van der Waals surface area contributed by atoms with Gasteiger partial charge in [0.25, 0.3) is 0 Å². The van der Waals surface area contributed by atoms with Gasteiger partial charge in [-0.25, -0.2) is 0 Å². The molecule has 4 nitrogen and oxygen atoms in total. The van der Waals surface area contributed by atoms with Crippen LogP contribution >= 0.6 is 0 Å². The molecule has 16 heavy (non-hydrogen) atoms. The first-order valence-electron chi connectivity index (χ1n) is 6.30. The number of nitrogens with zero attached hydrogens (tertiary/aromatic N) is 1. The first-order valence-corrected chi connectivity index (χ1v) is 6.30. The quantitative estimate of drug-likeness (QED) is 0.730. The lowest BCUT2D eigenvalue weighted by Crippen LogP contribution is -2.56. The van der Waals surface area contributed by atoms with E-state index in [1.807, 2.05) is 0 Å². The SMILES string of the molecule is CC1CNCC(C)C1N1CCC[C@H]1C(=O)O. The van der Waals surface area contributed by atoms with Crippen molar-refractivity contribution in [3.05, 3.63) is 0 Å². The molecule has 0 aromatic rings. The molecule has 0 aromatic carbocycles. The second kappa shape index (κ2) is 4.72. The third-order valence-corrected chi connectivity index (χ3v) is 4.06. The van der Waals surface area contributed by atoms with Crippen molar-refractivity contribution in [2.75, 3.05) is 19.6 Å². The molecular weight excluding hydrogens is 204 g/mol. The van der Waals surface area contributed by atoms with E-state index in [4.69, 9.17) is 0 Å². The van der Waals surface area contributed by atoms with Gasteiger partial charge in [-0.3, -0.25) is 9.69 Å². The second-order valence-corrected chi connectivity index (χ2v) is 5.34. The Bertz CT molecular complexity index is 260. The Hall–Kier alpha value is -0.610. The van der Waals surface area contributed by atoms with E-state index in [2.05, 4.69) is 24.1 Å². The van der Waals surface area contributed by atoms with Crippen LogP contribution in [-0.4, -0.2) is 47.7 Å². The van der Waals surface area contributed by atoms with E-state index in [-0.39, 0.29) is 6.04 Å². The molecule has 2 saturated heterocycles. The van der Waals surface area contributed by atoms with Gasteiger partial charge in [-0.05, 0) is 44.3 Å². The topological polar surface area (TPSA) is 52.6 Å². The Balaban J connectivity index is 2.12. The number of hydrogen-bond donors (Lipinski definition) is 2. The summed E-state index contributed by atoms with van der Waals surface area (Å²) in [5.41, 5.74) is 0. The Labute approximate surface area is 97.0 Å². The van der Waals surface area contributed by atoms with Crippen molar-refractivity contribution >= 4 is 5.97 Å². The molecule has 0 spiro atoms. The van der Waals surface area contributed by atoms with Crippen molar-refractivity contribution in [1.29, 1.82) is 0 Å². The van der Waals surface area contributed by atoms with Gasteiger partial charge >= 0.3 is 5.97 Å². The molecule has 0 aromatic heterocycles. The normalized spacial score (nSPS) is 41.1. The van der Waals surface area contributed by atoms with Gasteiger partial charge in [0.2, 0.25) is 0 Å². The Morgan fingerprint density at radius 1 is 1.31 bits per heavy atom. The summed E-state index contributed by atoms with van der Waals surface area (Å²) in [6.07, 6.45) is 1.85. The van der Waals surface area contributed by atoms with Crippen molar-refractivity contribution in [1.82, 2.24) is 10.2 Å². The van der Waals surface area contributed by atoms with E-state index >= 15 is 0 Å². The summed E-state index contributed by atoms with van der Waals surface area (Å²) >= 11 is 0. The minimum Gasteiger partial charge on any atom is -0.480 e. The summed E-state index contributed by atoms with van der Waals surface area (Å²) in [5, 5.41) is 12.6. The standard InChI is InChI=1S/C12H22N2O2/c1-8-6-13-7-9(2)11(8)14-5-3-4-10(14)12(15)16/h8-11,13H,3-7H2,1-2H3,(H,15,16)/t8?,9?,10-,11?/m0/s1. The Morgan fingerprint density at radius 3 is 2.50 bits per heavy atom. The van der Waals surface area contributed by atoms with Crippen LogP contribution in [-0.2, 0) is 4.79 Å². The van der Waals surface area contributed by atoms with E-state index in [1.54, 1.807) is 0 Å². The molecule has 2 rings (SSSR count). The maximum Gasteiger partial charge on any atom is 0.320 e. The highest BCUT2D eigenvalue weighted by Crippen LogP contribution is 2.29. The van der Waals surface area contributed by atoms with Crippen molar-refractivity contribution in [2.24, 2.45) is 11.8 Å². The smallest absolute Gasteiger partial charge is 0.320 e. The molecule has 2 fully saturated rings. The Morgan fingerprint density at radius 2 is 1.94 bits per heavy atom. The van der Waals surface area contributed by atoms with Crippen molar-refractivity contribution < 1.29 is 9.90 Å². The predicted molar refractivity (Wildman–Crippen MR) is 62.3 cm³/mol. The van der Waals surface area contributed by atoms with Gasteiger partial charge in [-0.15, -0.1) is 0 Å². The molecule has 4 heteroatoms. The zero-order chi connectivity index (χ0) is 11.7. The van der Waals surface area contributed by atoms with E-state index in [1.165, 1.54) is 0 Å². The largest absolute Gasteiger partial charge is 0.480 e. The fraction of sp³-hybridized carbons (Fsp3) is 0.917. The molecule has 92 valence electrons. The molecule has 2 unspecified atom stereocenters. The molecular formula is C12H22N2O2. The van der Waals surface area contributed by atoms with Gasteiger partial charge < -0.3 is 10.4 Å². The zero-order valence-corrected chi connectivity index (χ0v) is 10.1. The highest BCUT2D eigenvalue weighted by molar-refractivity contribution is 5.73.